The number of nitrogens with zero attached hydrogens (tertiary/aromatic N) is 1. The molecule has 142 valence electrons. The maximum absolute atomic E-state index is 11.6. The molecule has 1 atom stereocenters. The summed E-state index contributed by atoms with van der Waals surface area (Å²) in [4.78, 5) is 13.0. The highest BCUT2D eigenvalue weighted by Crippen LogP contribution is 2.22. The number of carbonyl (C=O) groups is 1. The quantitative estimate of drug-likeness (QED) is 0.784. The highest BCUT2D eigenvalue weighted by Gasteiger charge is 2.11. The van der Waals surface area contributed by atoms with Crippen molar-refractivity contribution in [1.82, 2.24) is 10.2 Å². The summed E-state index contributed by atoms with van der Waals surface area (Å²) in [5.41, 5.74) is 2.26. The van der Waals surface area contributed by atoms with Crippen LogP contribution in [0.3, 0.4) is 0 Å². The normalized spacial score (nSPS) is 11.2. The Labute approximate surface area is 161 Å². The van der Waals surface area contributed by atoms with Crippen molar-refractivity contribution in [3.05, 3.63) is 59.7 Å². The Kier molecular flexibility index (Phi) is 8.96. The maximum Gasteiger partial charge on any atom is 0.414 e. The molecule has 0 fully saturated rings. The molecule has 2 aromatic carbocycles. The van der Waals surface area contributed by atoms with Crippen LogP contribution in [0.2, 0.25) is 0 Å². The topological polar surface area (TPSA) is 50.8 Å². The molecule has 0 radical (unpaired) electrons. The van der Waals surface area contributed by atoms with Crippen molar-refractivity contribution in [3.8, 4) is 11.5 Å². The third kappa shape index (κ3) is 6.24. The van der Waals surface area contributed by atoms with E-state index in [1.807, 2.05) is 62.5 Å². The van der Waals surface area contributed by atoms with Gasteiger partial charge >= 0.3 is 6.09 Å². The third-order valence-corrected chi connectivity index (χ3v) is 3.96. The van der Waals surface area contributed by atoms with E-state index in [-0.39, 0.29) is 24.5 Å². The summed E-state index contributed by atoms with van der Waals surface area (Å²) >= 11 is 0. The molecule has 5 nitrogen and oxygen atoms in total. The zero-order valence-electron chi connectivity index (χ0n) is 15.7. The SMILES string of the molecule is CNC(CCOc1ccccc1C)c1ccc(OC(=O)N(C)C)cc1.Cl. The smallest absolute Gasteiger partial charge is 0.414 e. The lowest BCUT2D eigenvalue weighted by molar-refractivity contribution is 0.172. The molecule has 0 saturated carbocycles. The van der Waals surface area contributed by atoms with Crippen LogP contribution < -0.4 is 14.8 Å². The van der Waals surface area contributed by atoms with Gasteiger partial charge in [-0.05, 0) is 43.3 Å². The van der Waals surface area contributed by atoms with Crippen molar-refractivity contribution in [2.24, 2.45) is 0 Å². The van der Waals surface area contributed by atoms with Crippen LogP contribution in [0, 0.1) is 6.92 Å². The van der Waals surface area contributed by atoms with Gasteiger partial charge < -0.3 is 19.7 Å². The van der Waals surface area contributed by atoms with Crippen molar-refractivity contribution in [3.63, 3.8) is 0 Å². The summed E-state index contributed by atoms with van der Waals surface area (Å²) in [7, 11) is 5.24. The Hall–Kier alpha value is -2.24. The van der Waals surface area contributed by atoms with Gasteiger partial charge in [0, 0.05) is 26.6 Å². The minimum Gasteiger partial charge on any atom is -0.493 e. The molecule has 0 bridgehead atoms. The van der Waals surface area contributed by atoms with Crippen LogP contribution in [-0.2, 0) is 0 Å². The minimum atomic E-state index is -0.385. The predicted molar refractivity (Wildman–Crippen MR) is 106 cm³/mol. The van der Waals surface area contributed by atoms with E-state index < -0.39 is 0 Å². The number of nitrogens with one attached hydrogen (secondary N) is 1. The molecule has 26 heavy (non-hydrogen) atoms. The number of carbonyl (C=O) groups excluding carboxylic acids is 1. The molecule has 1 unspecified atom stereocenters. The number of amides is 1. The number of ether oxygens (including phenoxy) is 2. The van der Waals surface area contributed by atoms with E-state index in [2.05, 4.69) is 5.32 Å². The highest BCUT2D eigenvalue weighted by molar-refractivity contribution is 5.85. The monoisotopic (exact) mass is 378 g/mol. The Morgan fingerprint density at radius 1 is 1.12 bits per heavy atom. The largest absolute Gasteiger partial charge is 0.493 e. The van der Waals surface area contributed by atoms with Gasteiger partial charge in [-0.25, -0.2) is 4.79 Å². The zero-order valence-corrected chi connectivity index (χ0v) is 16.5. The van der Waals surface area contributed by atoms with Crippen molar-refractivity contribution in [2.45, 2.75) is 19.4 Å². The molecule has 1 amide bonds. The summed E-state index contributed by atoms with van der Waals surface area (Å²) in [5, 5.41) is 3.30. The summed E-state index contributed by atoms with van der Waals surface area (Å²) in [6.07, 6.45) is 0.450. The van der Waals surface area contributed by atoms with E-state index in [0.29, 0.717) is 12.4 Å². The van der Waals surface area contributed by atoms with E-state index in [9.17, 15) is 4.79 Å². The lowest BCUT2D eigenvalue weighted by atomic mass is 10.0. The molecular weight excluding hydrogens is 352 g/mol. The Bertz CT molecular complexity index is 690. The van der Waals surface area contributed by atoms with Gasteiger partial charge in [-0.2, -0.15) is 0 Å². The van der Waals surface area contributed by atoms with Crippen molar-refractivity contribution >= 4 is 18.5 Å². The number of benzene rings is 2. The first kappa shape index (κ1) is 21.8. The number of hydrogen-bond acceptors (Lipinski definition) is 4. The fourth-order valence-corrected chi connectivity index (χ4v) is 2.44. The summed E-state index contributed by atoms with van der Waals surface area (Å²) < 4.78 is 11.1. The summed E-state index contributed by atoms with van der Waals surface area (Å²) in [6, 6.07) is 15.7. The van der Waals surface area contributed by atoms with E-state index >= 15 is 0 Å². The fraction of sp³-hybridized carbons (Fsp3) is 0.350. The number of para-hydroxylation sites is 1. The molecule has 0 spiro atoms. The molecule has 0 saturated heterocycles. The molecule has 2 aromatic rings. The van der Waals surface area contributed by atoms with Crippen LogP contribution in [0.25, 0.3) is 0 Å². The molecule has 0 aliphatic heterocycles. The molecule has 2 rings (SSSR count). The van der Waals surface area contributed by atoms with Crippen molar-refractivity contribution in [1.29, 1.82) is 0 Å². The van der Waals surface area contributed by atoms with E-state index in [0.717, 1.165) is 23.3 Å². The maximum atomic E-state index is 11.6. The molecule has 1 N–H and O–H groups in total. The van der Waals surface area contributed by atoms with Gasteiger partial charge in [0.1, 0.15) is 11.5 Å². The van der Waals surface area contributed by atoms with Crippen LogP contribution >= 0.6 is 12.4 Å². The molecule has 6 heteroatoms. The Morgan fingerprint density at radius 2 is 1.77 bits per heavy atom. The molecule has 0 heterocycles. The number of hydrogen-bond donors (Lipinski definition) is 1. The minimum absolute atomic E-state index is 0. The van der Waals surface area contributed by atoms with Crippen molar-refractivity contribution < 1.29 is 14.3 Å². The number of aryl methyl sites for hydroxylation is 1. The van der Waals surface area contributed by atoms with E-state index in [1.54, 1.807) is 14.1 Å². The number of rotatable bonds is 7. The van der Waals surface area contributed by atoms with Crippen LogP contribution in [0.5, 0.6) is 11.5 Å². The van der Waals surface area contributed by atoms with Crippen molar-refractivity contribution in [2.75, 3.05) is 27.7 Å². The molecule has 0 aliphatic rings. The van der Waals surface area contributed by atoms with E-state index in [1.165, 1.54) is 4.90 Å². The summed E-state index contributed by atoms with van der Waals surface area (Å²) in [5.74, 6) is 1.46. The Balaban J connectivity index is 0.00000338. The van der Waals surface area contributed by atoms with Gasteiger partial charge in [-0.15, -0.1) is 12.4 Å². The molecule has 0 aromatic heterocycles. The van der Waals surface area contributed by atoms with Crippen LogP contribution in [0.4, 0.5) is 4.79 Å². The first-order valence-electron chi connectivity index (χ1n) is 8.36. The van der Waals surface area contributed by atoms with Crippen LogP contribution in [0.1, 0.15) is 23.6 Å². The summed E-state index contributed by atoms with van der Waals surface area (Å²) in [6.45, 7) is 2.66. The Morgan fingerprint density at radius 3 is 2.35 bits per heavy atom. The molecular formula is C20H27ClN2O3. The van der Waals surface area contributed by atoms with Gasteiger partial charge in [0.25, 0.3) is 0 Å². The van der Waals surface area contributed by atoms with Gasteiger partial charge in [-0.3, -0.25) is 0 Å². The third-order valence-electron chi connectivity index (χ3n) is 3.96. The first-order chi connectivity index (χ1) is 12.0. The average molecular weight is 379 g/mol. The predicted octanol–water partition coefficient (Wildman–Crippen LogP) is 4.21. The van der Waals surface area contributed by atoms with Gasteiger partial charge in [0.2, 0.25) is 0 Å². The lowest BCUT2D eigenvalue weighted by Gasteiger charge is -2.18. The highest BCUT2D eigenvalue weighted by atomic mass is 35.5. The van der Waals surface area contributed by atoms with E-state index in [4.69, 9.17) is 9.47 Å². The first-order valence-corrected chi connectivity index (χ1v) is 8.36. The average Bonchev–Trinajstić information content (AvgIpc) is 2.61. The second-order valence-corrected chi connectivity index (χ2v) is 6.08. The lowest BCUT2D eigenvalue weighted by Crippen LogP contribution is -2.25. The second-order valence-electron chi connectivity index (χ2n) is 6.08. The standard InChI is InChI=1S/C20H26N2O3.ClH/c1-15-7-5-6-8-19(15)24-14-13-18(21-2)16-9-11-17(12-10-16)25-20(23)22(3)4;/h5-12,18,21H,13-14H2,1-4H3;1H. The second kappa shape index (κ2) is 10.7. The number of halogens is 1. The van der Waals surface area contributed by atoms with Gasteiger partial charge in [-0.1, -0.05) is 30.3 Å². The molecule has 0 aliphatic carbocycles. The zero-order chi connectivity index (χ0) is 18.2. The van der Waals surface area contributed by atoms with Crippen LogP contribution in [-0.4, -0.2) is 38.7 Å². The van der Waals surface area contributed by atoms with Crippen LogP contribution in [0.15, 0.2) is 48.5 Å². The van der Waals surface area contributed by atoms with Gasteiger partial charge in [0.15, 0.2) is 0 Å². The fourth-order valence-electron chi connectivity index (χ4n) is 2.44. The van der Waals surface area contributed by atoms with Gasteiger partial charge in [0.05, 0.1) is 6.61 Å².